The first kappa shape index (κ1) is 23.7. The highest BCUT2D eigenvalue weighted by molar-refractivity contribution is 6.69. The number of aliphatic hydroxyl groups is 1. The second-order valence-corrected chi connectivity index (χ2v) is 9.48. The molecule has 0 bridgehead atoms. The molecule has 136 valence electrons. The lowest BCUT2D eigenvalue weighted by Gasteiger charge is -2.24. The van der Waals surface area contributed by atoms with E-state index < -0.39 is 45.7 Å². The predicted molar refractivity (Wildman–Crippen MR) is 58.4 cm³/mol. The van der Waals surface area contributed by atoms with Crippen molar-refractivity contribution in [3.05, 3.63) is 0 Å². The van der Waals surface area contributed by atoms with Crippen LogP contribution >= 0.6 is 0 Å². The molecule has 0 radical (unpaired) electrons. The van der Waals surface area contributed by atoms with Crippen LogP contribution in [0.2, 0.25) is 19.6 Å². The molecule has 0 rings (SSSR count). The molecule has 1 N–H and O–H groups in total. The number of halogens is 10. The summed E-state index contributed by atoms with van der Waals surface area (Å²) in [6.45, 7) is 0.848. The van der Waals surface area contributed by atoms with Crippen LogP contribution in [0.5, 0.6) is 0 Å². The molecule has 0 unspecified atom stereocenters. The normalized spacial score (nSPS) is 14.5. The summed E-state index contributed by atoms with van der Waals surface area (Å²) in [4.78, 5) is 0. The average Bonchev–Trinajstić information content (AvgIpc) is 2.23. The predicted octanol–water partition coefficient (Wildman–Crippen LogP) is 4.21. The second-order valence-electron chi connectivity index (χ2n) is 4.96. The highest BCUT2D eigenvalue weighted by atomic mass is 28.4. The summed E-state index contributed by atoms with van der Waals surface area (Å²) < 4.78 is 119. The van der Waals surface area contributed by atoms with Gasteiger partial charge in [-0.15, -0.1) is 0 Å². The maximum Gasteiger partial charge on any atom is 0.455 e. The van der Waals surface area contributed by atoms with Gasteiger partial charge in [0.2, 0.25) is 0 Å². The summed E-state index contributed by atoms with van der Waals surface area (Å²) in [7, 11) is -2.33. The Balaban J connectivity index is 0. The summed E-state index contributed by atoms with van der Waals surface area (Å²) in [5.41, 5.74) is 0. The van der Waals surface area contributed by atoms with Crippen LogP contribution in [0.25, 0.3) is 0 Å². The van der Waals surface area contributed by atoms with Crippen LogP contribution in [0.3, 0.4) is 0 Å². The van der Waals surface area contributed by atoms with Gasteiger partial charge in [-0.3, -0.25) is 0 Å². The number of alkyl halides is 10. The van der Waals surface area contributed by atoms with Crippen LogP contribution in [0.1, 0.15) is 0 Å². The smallest absolute Gasteiger partial charge is 0.411 e. The van der Waals surface area contributed by atoms with E-state index in [9.17, 15) is 43.9 Å². The summed E-state index contributed by atoms with van der Waals surface area (Å²) in [6.07, 6.45) is -11.2. The molecule has 0 saturated heterocycles. The van der Waals surface area contributed by atoms with E-state index in [1.807, 2.05) is 0 Å². The van der Waals surface area contributed by atoms with E-state index in [-0.39, 0.29) is 0 Å². The maximum absolute atomic E-state index is 12.2. The Morgan fingerprint density at radius 3 is 1.18 bits per heavy atom. The fourth-order valence-corrected chi connectivity index (χ4v) is 1.09. The molecular weight excluding hydrogens is 358 g/mol. The van der Waals surface area contributed by atoms with Crippen LogP contribution in [-0.2, 0) is 4.43 Å². The number of hydrogen-bond donors (Lipinski definition) is 1. The minimum Gasteiger partial charge on any atom is -0.411 e. The fourth-order valence-electron chi connectivity index (χ4n) is 0.479. The van der Waals surface area contributed by atoms with E-state index in [1.54, 1.807) is 19.6 Å². The molecule has 0 aliphatic carbocycles. The van der Waals surface area contributed by atoms with Gasteiger partial charge in [0.25, 0.3) is 0 Å². The van der Waals surface area contributed by atoms with Gasteiger partial charge < -0.3 is 9.53 Å². The van der Waals surface area contributed by atoms with Crippen molar-refractivity contribution in [1.29, 1.82) is 0 Å². The van der Waals surface area contributed by atoms with Crippen molar-refractivity contribution in [2.24, 2.45) is 0 Å². The first-order valence-corrected chi connectivity index (χ1v) is 8.81. The van der Waals surface area contributed by atoms with E-state index in [0.717, 1.165) is 0 Å². The minimum absolute atomic E-state index is 1.54. The van der Waals surface area contributed by atoms with Gasteiger partial charge in [-0.2, -0.15) is 43.9 Å². The fraction of sp³-hybridized carbons (Fsp3) is 1.00. The number of rotatable bonds is 4. The Bertz CT molecular complexity index is 331. The molecule has 0 aliphatic heterocycles. The highest BCUT2D eigenvalue weighted by Crippen LogP contribution is 2.36. The van der Waals surface area contributed by atoms with Crippen molar-refractivity contribution >= 4 is 8.32 Å². The van der Waals surface area contributed by atoms with Crippen LogP contribution in [0.4, 0.5) is 43.9 Å². The Kier molecular flexibility index (Phi) is 7.91. The van der Waals surface area contributed by atoms with Gasteiger partial charge in [-0.05, 0) is 19.6 Å². The number of aliphatic hydroxyl groups excluding tert-OH is 1. The Morgan fingerprint density at radius 2 is 1.05 bits per heavy atom. The molecular formula is C9H14F10O2Si. The van der Waals surface area contributed by atoms with Crippen molar-refractivity contribution in [3.8, 4) is 0 Å². The van der Waals surface area contributed by atoms with Crippen molar-refractivity contribution in [3.63, 3.8) is 0 Å². The zero-order chi connectivity index (χ0) is 18.6. The largest absolute Gasteiger partial charge is 0.455 e. The van der Waals surface area contributed by atoms with Crippen LogP contribution in [0.15, 0.2) is 0 Å². The SMILES string of the molecule is C[Si](C)(C)OCC(F)(F)C(F)(F)F.OCC(F)(F)C(F)(F)F. The quantitative estimate of drug-likeness (QED) is 0.592. The third-order valence-electron chi connectivity index (χ3n) is 1.71. The van der Waals surface area contributed by atoms with Crippen LogP contribution in [-0.4, -0.2) is 50.8 Å². The van der Waals surface area contributed by atoms with Gasteiger partial charge in [0.05, 0.1) is 0 Å². The van der Waals surface area contributed by atoms with Gasteiger partial charge in [0.15, 0.2) is 8.32 Å². The molecule has 0 spiro atoms. The Hall–Kier alpha value is -0.563. The lowest BCUT2D eigenvalue weighted by atomic mass is 10.3. The zero-order valence-electron chi connectivity index (χ0n) is 11.5. The molecule has 0 aliphatic rings. The van der Waals surface area contributed by atoms with Crippen LogP contribution in [0, 0.1) is 0 Å². The van der Waals surface area contributed by atoms with Gasteiger partial charge in [-0.1, -0.05) is 0 Å². The van der Waals surface area contributed by atoms with Crippen molar-refractivity contribution < 1.29 is 53.4 Å². The van der Waals surface area contributed by atoms with Crippen molar-refractivity contribution in [1.82, 2.24) is 0 Å². The molecule has 2 nitrogen and oxygen atoms in total. The maximum atomic E-state index is 12.2. The first-order valence-electron chi connectivity index (χ1n) is 5.41. The number of hydrogen-bond acceptors (Lipinski definition) is 2. The lowest BCUT2D eigenvalue weighted by Crippen LogP contribution is -2.44. The van der Waals surface area contributed by atoms with E-state index in [2.05, 4.69) is 4.43 Å². The monoisotopic (exact) mass is 372 g/mol. The molecule has 0 aromatic heterocycles. The first-order chi connectivity index (χ1) is 9.27. The highest BCUT2D eigenvalue weighted by Gasteiger charge is 2.58. The Labute approximate surface area is 120 Å². The molecule has 0 aromatic rings. The molecule has 0 atom stereocenters. The topological polar surface area (TPSA) is 29.5 Å². The van der Waals surface area contributed by atoms with Crippen molar-refractivity contribution in [2.45, 2.75) is 43.8 Å². The Morgan fingerprint density at radius 1 is 0.727 bits per heavy atom. The minimum atomic E-state index is -5.64. The zero-order valence-corrected chi connectivity index (χ0v) is 12.5. The summed E-state index contributed by atoms with van der Waals surface area (Å²) in [5, 5.41) is 7.46. The average molecular weight is 372 g/mol. The third-order valence-corrected chi connectivity index (χ3v) is 2.72. The van der Waals surface area contributed by atoms with Gasteiger partial charge in [-0.25, -0.2) is 0 Å². The standard InChI is InChI=1S/C6H11F5OSi.C3H3F5O/c1-13(2,3)12-4-5(7,8)6(9,10)11;4-2(5,1-9)3(6,7)8/h4H2,1-3H3;9H,1H2. The summed E-state index contributed by atoms with van der Waals surface area (Å²) in [6, 6.07) is 0. The van der Waals surface area contributed by atoms with E-state index in [0.29, 0.717) is 0 Å². The molecule has 0 saturated carbocycles. The third kappa shape index (κ3) is 8.78. The molecule has 13 heteroatoms. The summed E-state index contributed by atoms with van der Waals surface area (Å²) in [5.74, 6) is -9.71. The second kappa shape index (κ2) is 7.34. The van der Waals surface area contributed by atoms with Gasteiger partial charge in [0.1, 0.15) is 13.2 Å². The molecule has 0 fully saturated rings. The van der Waals surface area contributed by atoms with E-state index in [1.165, 1.54) is 0 Å². The van der Waals surface area contributed by atoms with Gasteiger partial charge >= 0.3 is 24.2 Å². The molecule has 22 heavy (non-hydrogen) atoms. The van der Waals surface area contributed by atoms with E-state index in [4.69, 9.17) is 5.11 Å². The van der Waals surface area contributed by atoms with Gasteiger partial charge in [0, 0.05) is 0 Å². The van der Waals surface area contributed by atoms with Crippen molar-refractivity contribution in [2.75, 3.05) is 13.2 Å². The lowest BCUT2D eigenvalue weighted by molar-refractivity contribution is -0.292. The van der Waals surface area contributed by atoms with Crippen LogP contribution < -0.4 is 0 Å². The molecule has 0 aromatic carbocycles. The summed E-state index contributed by atoms with van der Waals surface area (Å²) >= 11 is 0. The molecule has 0 heterocycles. The molecule has 0 amide bonds. The van der Waals surface area contributed by atoms with E-state index >= 15 is 0 Å².